The summed E-state index contributed by atoms with van der Waals surface area (Å²) in [5.74, 6) is -0.493. The van der Waals surface area contributed by atoms with E-state index in [1.807, 2.05) is 12.1 Å². The molecule has 1 aromatic rings. The van der Waals surface area contributed by atoms with Gasteiger partial charge >= 0.3 is 5.97 Å². The molecule has 1 atom stereocenters. The molecule has 1 aromatic carbocycles. The third-order valence-corrected chi connectivity index (χ3v) is 4.62. The number of ether oxygens (including phenoxy) is 1. The first-order valence-corrected chi connectivity index (χ1v) is 9.95. The van der Waals surface area contributed by atoms with Gasteiger partial charge in [-0.25, -0.2) is 0 Å². The van der Waals surface area contributed by atoms with E-state index < -0.39 is 6.04 Å². The van der Waals surface area contributed by atoms with Crippen molar-refractivity contribution in [2.45, 2.75) is 77.7 Å². The van der Waals surface area contributed by atoms with Crippen molar-refractivity contribution >= 4 is 17.7 Å². The quantitative estimate of drug-likeness (QED) is 0.318. The SMILES string of the molecule is CCCCCCCCC(NC(C)=O)C(=O)c1ccc(CCC(=O)OC)cc1. The van der Waals surface area contributed by atoms with Crippen LogP contribution in [0.5, 0.6) is 0 Å². The third kappa shape index (κ3) is 9.36. The summed E-state index contributed by atoms with van der Waals surface area (Å²) in [6.45, 7) is 3.63. The van der Waals surface area contributed by atoms with Crippen LogP contribution in [0.2, 0.25) is 0 Å². The van der Waals surface area contributed by atoms with Gasteiger partial charge in [0.1, 0.15) is 0 Å². The Morgan fingerprint density at radius 2 is 1.63 bits per heavy atom. The van der Waals surface area contributed by atoms with Gasteiger partial charge in [-0.05, 0) is 18.4 Å². The number of rotatable bonds is 13. The summed E-state index contributed by atoms with van der Waals surface area (Å²) < 4.78 is 4.64. The van der Waals surface area contributed by atoms with Crippen LogP contribution in [0.4, 0.5) is 0 Å². The van der Waals surface area contributed by atoms with Crippen LogP contribution in [0, 0.1) is 0 Å². The lowest BCUT2D eigenvalue weighted by molar-refractivity contribution is -0.140. The largest absolute Gasteiger partial charge is 0.469 e. The molecule has 0 bridgehead atoms. The second kappa shape index (κ2) is 13.1. The summed E-state index contributed by atoms with van der Waals surface area (Å²) in [6, 6.07) is 6.77. The Labute approximate surface area is 162 Å². The van der Waals surface area contributed by atoms with Crippen molar-refractivity contribution in [1.29, 1.82) is 0 Å². The minimum atomic E-state index is -0.477. The smallest absolute Gasteiger partial charge is 0.305 e. The molecule has 0 heterocycles. The Hall–Kier alpha value is -2.17. The number of aryl methyl sites for hydroxylation is 1. The summed E-state index contributed by atoms with van der Waals surface area (Å²) in [5.41, 5.74) is 1.56. The zero-order valence-electron chi connectivity index (χ0n) is 16.9. The van der Waals surface area contributed by atoms with Crippen LogP contribution in [-0.2, 0) is 20.7 Å². The highest BCUT2D eigenvalue weighted by Crippen LogP contribution is 2.14. The molecule has 0 aliphatic carbocycles. The van der Waals surface area contributed by atoms with Gasteiger partial charge in [-0.1, -0.05) is 69.7 Å². The maximum atomic E-state index is 12.8. The summed E-state index contributed by atoms with van der Waals surface area (Å²) in [5, 5.41) is 2.79. The molecule has 1 amide bonds. The molecule has 1 N–H and O–H groups in total. The number of hydrogen-bond donors (Lipinski definition) is 1. The van der Waals surface area contributed by atoms with Gasteiger partial charge in [-0.3, -0.25) is 14.4 Å². The molecule has 0 aromatic heterocycles. The van der Waals surface area contributed by atoms with Crippen molar-refractivity contribution in [2.24, 2.45) is 0 Å². The van der Waals surface area contributed by atoms with Crippen LogP contribution in [0.15, 0.2) is 24.3 Å². The summed E-state index contributed by atoms with van der Waals surface area (Å²) in [4.78, 5) is 35.5. The molecule has 0 aliphatic rings. The fourth-order valence-electron chi connectivity index (χ4n) is 3.03. The Kier molecular flexibility index (Phi) is 11.1. The molecular formula is C22H33NO4. The van der Waals surface area contributed by atoms with Crippen LogP contribution >= 0.6 is 0 Å². The number of methoxy groups -OCH3 is 1. The number of carbonyl (C=O) groups is 3. The molecule has 0 saturated heterocycles. The Morgan fingerprint density at radius 1 is 1.00 bits per heavy atom. The van der Waals surface area contributed by atoms with E-state index in [-0.39, 0.29) is 17.7 Å². The second-order valence-corrected chi connectivity index (χ2v) is 6.95. The molecule has 5 heteroatoms. The van der Waals surface area contributed by atoms with Crippen molar-refractivity contribution in [3.8, 4) is 0 Å². The highest BCUT2D eigenvalue weighted by molar-refractivity contribution is 6.01. The van der Waals surface area contributed by atoms with E-state index in [1.54, 1.807) is 12.1 Å². The van der Waals surface area contributed by atoms with E-state index in [4.69, 9.17) is 0 Å². The van der Waals surface area contributed by atoms with Gasteiger partial charge in [0.2, 0.25) is 5.91 Å². The molecule has 150 valence electrons. The zero-order valence-corrected chi connectivity index (χ0v) is 16.9. The van der Waals surface area contributed by atoms with Crippen molar-refractivity contribution in [2.75, 3.05) is 7.11 Å². The van der Waals surface area contributed by atoms with E-state index in [0.717, 1.165) is 18.4 Å². The van der Waals surface area contributed by atoms with Crippen LogP contribution in [-0.4, -0.2) is 30.8 Å². The maximum Gasteiger partial charge on any atom is 0.305 e. The highest BCUT2D eigenvalue weighted by atomic mass is 16.5. The lowest BCUT2D eigenvalue weighted by atomic mass is 9.97. The first-order chi connectivity index (χ1) is 13.0. The summed E-state index contributed by atoms with van der Waals surface area (Å²) in [6.07, 6.45) is 8.41. The number of hydrogen-bond acceptors (Lipinski definition) is 4. The monoisotopic (exact) mass is 375 g/mol. The molecule has 0 saturated carbocycles. The molecule has 0 radical (unpaired) electrons. The molecule has 0 aliphatic heterocycles. The van der Waals surface area contributed by atoms with Crippen LogP contribution in [0.25, 0.3) is 0 Å². The minimum Gasteiger partial charge on any atom is -0.469 e. The van der Waals surface area contributed by atoms with Crippen molar-refractivity contribution in [3.05, 3.63) is 35.4 Å². The van der Waals surface area contributed by atoms with Crippen LogP contribution < -0.4 is 5.32 Å². The molecule has 0 fully saturated rings. The molecule has 0 spiro atoms. The first-order valence-electron chi connectivity index (χ1n) is 9.95. The number of amides is 1. The molecular weight excluding hydrogens is 342 g/mol. The Morgan fingerprint density at radius 3 is 2.22 bits per heavy atom. The van der Waals surface area contributed by atoms with E-state index in [1.165, 1.54) is 39.7 Å². The number of ketones is 1. The Bertz CT molecular complexity index is 595. The van der Waals surface area contributed by atoms with E-state index >= 15 is 0 Å². The standard InChI is InChI=1S/C22H33NO4/c1-4-5-6-7-8-9-10-20(23-17(2)24)22(26)19-14-11-18(12-15-19)13-16-21(25)27-3/h11-12,14-15,20H,4-10,13,16H2,1-3H3,(H,23,24). The fourth-order valence-corrected chi connectivity index (χ4v) is 3.03. The van der Waals surface area contributed by atoms with Gasteiger partial charge in [0, 0.05) is 18.9 Å². The van der Waals surface area contributed by atoms with Gasteiger partial charge < -0.3 is 10.1 Å². The van der Waals surface area contributed by atoms with Crippen molar-refractivity contribution in [3.63, 3.8) is 0 Å². The molecule has 5 nitrogen and oxygen atoms in total. The van der Waals surface area contributed by atoms with E-state index in [9.17, 15) is 14.4 Å². The predicted molar refractivity (Wildman–Crippen MR) is 107 cm³/mol. The van der Waals surface area contributed by atoms with Crippen LogP contribution in [0.3, 0.4) is 0 Å². The highest BCUT2D eigenvalue weighted by Gasteiger charge is 2.20. The fraction of sp³-hybridized carbons (Fsp3) is 0.591. The second-order valence-electron chi connectivity index (χ2n) is 6.95. The minimum absolute atomic E-state index is 0.0572. The molecule has 27 heavy (non-hydrogen) atoms. The van der Waals surface area contributed by atoms with Crippen molar-refractivity contribution in [1.82, 2.24) is 5.32 Å². The van der Waals surface area contributed by atoms with Crippen molar-refractivity contribution < 1.29 is 19.1 Å². The van der Waals surface area contributed by atoms with Gasteiger partial charge in [-0.2, -0.15) is 0 Å². The zero-order chi connectivity index (χ0) is 20.1. The number of esters is 1. The summed E-state index contributed by atoms with van der Waals surface area (Å²) in [7, 11) is 1.37. The van der Waals surface area contributed by atoms with Gasteiger partial charge in [-0.15, -0.1) is 0 Å². The first kappa shape index (κ1) is 22.9. The number of carbonyl (C=O) groups excluding carboxylic acids is 3. The molecule has 1 unspecified atom stereocenters. The normalized spacial score (nSPS) is 11.7. The lowest BCUT2D eigenvalue weighted by Crippen LogP contribution is -2.39. The summed E-state index contributed by atoms with van der Waals surface area (Å²) >= 11 is 0. The van der Waals surface area contributed by atoms with Gasteiger partial charge in [0.25, 0.3) is 0 Å². The number of unbranched alkanes of at least 4 members (excludes halogenated alkanes) is 5. The average Bonchev–Trinajstić information content (AvgIpc) is 2.67. The van der Waals surface area contributed by atoms with E-state index in [0.29, 0.717) is 24.8 Å². The third-order valence-electron chi connectivity index (χ3n) is 4.62. The Balaban J connectivity index is 2.60. The lowest BCUT2D eigenvalue weighted by Gasteiger charge is -2.17. The number of benzene rings is 1. The maximum absolute atomic E-state index is 12.8. The number of nitrogens with one attached hydrogen (secondary N) is 1. The predicted octanol–water partition coefficient (Wildman–Crippen LogP) is 4.23. The van der Waals surface area contributed by atoms with Gasteiger partial charge in [0.05, 0.1) is 13.2 Å². The van der Waals surface area contributed by atoms with Crippen LogP contribution in [0.1, 0.15) is 81.1 Å². The van der Waals surface area contributed by atoms with E-state index in [2.05, 4.69) is 17.0 Å². The molecule has 1 rings (SSSR count). The van der Waals surface area contributed by atoms with Gasteiger partial charge in [0.15, 0.2) is 5.78 Å². The topological polar surface area (TPSA) is 72.5 Å². The average molecular weight is 376 g/mol. The number of Topliss-reactive ketones (excluding diaryl/α,β-unsaturated/α-hetero) is 1.